The van der Waals surface area contributed by atoms with Crippen LogP contribution in [-0.4, -0.2) is 30.9 Å². The molecule has 0 saturated carbocycles. The Kier molecular flexibility index (Phi) is 6.32. The molecule has 0 radical (unpaired) electrons. The monoisotopic (exact) mass is 363 g/mol. The van der Waals surface area contributed by atoms with E-state index in [1.54, 1.807) is 20.8 Å². The average molecular weight is 363 g/mol. The molecule has 1 heterocycles. The van der Waals surface area contributed by atoms with Gasteiger partial charge in [0.05, 0.1) is 18.8 Å². The van der Waals surface area contributed by atoms with Crippen LogP contribution in [0.25, 0.3) is 0 Å². The molecule has 8 heteroatoms. The number of hydrogen-bond donors (Lipinski definition) is 1. The number of aryl methyl sites for hydroxylation is 1. The van der Waals surface area contributed by atoms with Crippen molar-refractivity contribution in [3.63, 3.8) is 0 Å². The van der Waals surface area contributed by atoms with Gasteiger partial charge >= 0.3 is 17.6 Å². The van der Waals surface area contributed by atoms with Crippen molar-refractivity contribution in [2.45, 2.75) is 40.0 Å². The molecular weight excluding hydrogens is 342 g/mol. The third kappa shape index (κ3) is 4.01. The van der Waals surface area contributed by atoms with E-state index >= 15 is 0 Å². The molecule has 140 valence electrons. The van der Waals surface area contributed by atoms with E-state index in [9.17, 15) is 19.2 Å². The second kappa shape index (κ2) is 8.46. The summed E-state index contributed by atoms with van der Waals surface area (Å²) in [6.45, 7) is 4.96. The van der Waals surface area contributed by atoms with Gasteiger partial charge in [-0.25, -0.2) is 14.4 Å². The Labute approximate surface area is 150 Å². The van der Waals surface area contributed by atoms with Crippen molar-refractivity contribution in [2.24, 2.45) is 0 Å². The van der Waals surface area contributed by atoms with Crippen LogP contribution in [0.15, 0.2) is 21.0 Å². The van der Waals surface area contributed by atoms with Gasteiger partial charge in [-0.1, -0.05) is 0 Å². The lowest BCUT2D eigenvalue weighted by atomic mass is 9.92. The number of carbonyl (C=O) groups excluding carboxylic acids is 3. The molecule has 0 aliphatic heterocycles. The fourth-order valence-corrected chi connectivity index (χ4v) is 2.71. The number of anilines is 1. The van der Waals surface area contributed by atoms with Gasteiger partial charge in [0.25, 0.3) is 0 Å². The van der Waals surface area contributed by atoms with Crippen LogP contribution in [0.3, 0.4) is 0 Å². The summed E-state index contributed by atoms with van der Waals surface area (Å²) in [7, 11) is 0. The Morgan fingerprint density at radius 2 is 1.73 bits per heavy atom. The molecule has 0 bridgehead atoms. The minimum atomic E-state index is -0.880. The van der Waals surface area contributed by atoms with Gasteiger partial charge in [0.1, 0.15) is 11.4 Å². The molecule has 1 aromatic heterocycles. The quantitative estimate of drug-likeness (QED) is 0.353. The smallest absolute Gasteiger partial charge is 0.360 e. The lowest BCUT2D eigenvalue weighted by molar-refractivity contribution is -0.146. The summed E-state index contributed by atoms with van der Waals surface area (Å²) >= 11 is 0. The molecule has 1 N–H and O–H groups in total. The number of Topliss-reactive ketones (excluding diaryl/α,β-unsaturated/α-hetero) is 1. The van der Waals surface area contributed by atoms with Gasteiger partial charge in [-0.05, 0) is 32.8 Å². The van der Waals surface area contributed by atoms with Gasteiger partial charge < -0.3 is 19.2 Å². The normalized spacial score (nSPS) is 12.8. The number of rotatable bonds is 6. The highest BCUT2D eigenvalue weighted by Gasteiger charge is 2.26. The third-order valence-corrected chi connectivity index (χ3v) is 3.89. The van der Waals surface area contributed by atoms with E-state index in [1.165, 1.54) is 0 Å². The Morgan fingerprint density at radius 3 is 2.31 bits per heavy atom. The van der Waals surface area contributed by atoms with Crippen LogP contribution >= 0.6 is 0 Å². The maximum atomic E-state index is 12.2. The summed E-state index contributed by atoms with van der Waals surface area (Å²) in [4.78, 5) is 48.3. The molecule has 0 unspecified atom stereocenters. The summed E-state index contributed by atoms with van der Waals surface area (Å²) in [6.07, 6.45) is 2.57. The van der Waals surface area contributed by atoms with Crippen molar-refractivity contribution in [3.8, 4) is 0 Å². The maximum absolute atomic E-state index is 12.2. The summed E-state index contributed by atoms with van der Waals surface area (Å²) in [5.41, 5.74) is -0.286. The molecular formula is C18H21NO7. The Balaban J connectivity index is 2.42. The summed E-state index contributed by atoms with van der Waals surface area (Å²) in [5.74, 6) is -1.49. The highest BCUT2D eigenvalue weighted by Crippen LogP contribution is 2.26. The van der Waals surface area contributed by atoms with E-state index in [-0.39, 0.29) is 24.7 Å². The van der Waals surface area contributed by atoms with E-state index in [4.69, 9.17) is 13.9 Å². The number of fused-ring (bicyclic) bond motifs is 1. The Morgan fingerprint density at radius 1 is 1.12 bits per heavy atom. The molecule has 0 fully saturated rings. The Bertz CT molecular complexity index is 800. The molecule has 8 nitrogen and oxygen atoms in total. The molecule has 1 aliphatic carbocycles. The predicted octanol–water partition coefficient (Wildman–Crippen LogP) is 1.89. The Hall–Kier alpha value is -2.90. The van der Waals surface area contributed by atoms with Crippen LogP contribution in [0, 0.1) is 6.92 Å². The standard InChI is InChI=1S/C18H21NO7/c1-4-24-16(21)11(17(22)25-5-2)9-19-15-10(3)14-12(20)7-6-8-13(14)26-18(15)23/h9,19H,4-8H2,1-3H3. The topological polar surface area (TPSA) is 112 Å². The van der Waals surface area contributed by atoms with E-state index in [0.29, 0.717) is 36.1 Å². The largest absolute Gasteiger partial charge is 0.462 e. The van der Waals surface area contributed by atoms with Gasteiger partial charge in [-0.3, -0.25) is 4.79 Å². The second-order valence-electron chi connectivity index (χ2n) is 5.61. The van der Waals surface area contributed by atoms with Crippen molar-refractivity contribution in [1.29, 1.82) is 0 Å². The van der Waals surface area contributed by atoms with E-state index < -0.39 is 23.1 Å². The van der Waals surface area contributed by atoms with E-state index in [1.807, 2.05) is 0 Å². The first kappa shape index (κ1) is 19.4. The molecule has 2 rings (SSSR count). The number of ether oxygens (including phenoxy) is 2. The number of esters is 2. The second-order valence-corrected chi connectivity index (χ2v) is 5.61. The molecule has 26 heavy (non-hydrogen) atoms. The van der Waals surface area contributed by atoms with Crippen molar-refractivity contribution in [2.75, 3.05) is 18.5 Å². The number of hydrogen-bond acceptors (Lipinski definition) is 8. The molecule has 0 amide bonds. The zero-order valence-electron chi connectivity index (χ0n) is 15.0. The van der Waals surface area contributed by atoms with Gasteiger partial charge in [0.2, 0.25) is 0 Å². The molecule has 1 aliphatic rings. The first-order chi connectivity index (χ1) is 12.4. The molecule has 0 aromatic carbocycles. The van der Waals surface area contributed by atoms with Crippen LogP contribution < -0.4 is 10.9 Å². The van der Waals surface area contributed by atoms with E-state index in [2.05, 4.69) is 5.32 Å². The van der Waals surface area contributed by atoms with Gasteiger partial charge in [-0.2, -0.15) is 0 Å². The van der Waals surface area contributed by atoms with Gasteiger partial charge in [0.15, 0.2) is 11.4 Å². The zero-order chi connectivity index (χ0) is 19.3. The van der Waals surface area contributed by atoms with Crippen LogP contribution in [0.2, 0.25) is 0 Å². The molecule has 0 saturated heterocycles. The van der Waals surface area contributed by atoms with Crippen LogP contribution in [0.1, 0.15) is 48.4 Å². The fraction of sp³-hybridized carbons (Fsp3) is 0.444. The first-order valence-corrected chi connectivity index (χ1v) is 8.41. The van der Waals surface area contributed by atoms with E-state index in [0.717, 1.165) is 6.20 Å². The van der Waals surface area contributed by atoms with Crippen LogP contribution in [-0.2, 0) is 25.5 Å². The van der Waals surface area contributed by atoms with Crippen LogP contribution in [0.4, 0.5) is 5.69 Å². The van der Waals surface area contributed by atoms with Crippen LogP contribution in [0.5, 0.6) is 0 Å². The first-order valence-electron chi connectivity index (χ1n) is 8.41. The van der Waals surface area contributed by atoms with Crippen molar-refractivity contribution in [3.05, 3.63) is 39.1 Å². The fourth-order valence-electron chi connectivity index (χ4n) is 2.71. The number of nitrogens with one attached hydrogen (secondary N) is 1. The average Bonchev–Trinajstić information content (AvgIpc) is 2.58. The van der Waals surface area contributed by atoms with Crippen molar-refractivity contribution < 1.29 is 28.3 Å². The van der Waals surface area contributed by atoms with Crippen molar-refractivity contribution in [1.82, 2.24) is 0 Å². The minimum Gasteiger partial charge on any atom is -0.462 e. The van der Waals surface area contributed by atoms with Gasteiger partial charge in [-0.15, -0.1) is 0 Å². The lowest BCUT2D eigenvalue weighted by Gasteiger charge is -2.17. The highest BCUT2D eigenvalue weighted by molar-refractivity contribution is 6.14. The summed E-state index contributed by atoms with van der Waals surface area (Å²) < 4.78 is 14.9. The van der Waals surface area contributed by atoms with Gasteiger partial charge in [0, 0.05) is 19.0 Å². The predicted molar refractivity (Wildman–Crippen MR) is 92.0 cm³/mol. The number of carbonyl (C=O) groups is 3. The summed E-state index contributed by atoms with van der Waals surface area (Å²) in [6, 6.07) is 0. The molecule has 0 spiro atoms. The zero-order valence-corrected chi connectivity index (χ0v) is 15.0. The minimum absolute atomic E-state index is 0.00917. The lowest BCUT2D eigenvalue weighted by Crippen LogP contribution is -2.22. The molecule has 1 aromatic rings. The maximum Gasteiger partial charge on any atom is 0.360 e. The van der Waals surface area contributed by atoms with Crippen molar-refractivity contribution >= 4 is 23.4 Å². The SMILES string of the molecule is CCOC(=O)C(=CNc1c(C)c2c(oc1=O)CCCC2=O)C(=O)OCC. The highest BCUT2D eigenvalue weighted by atomic mass is 16.6. The third-order valence-electron chi connectivity index (χ3n) is 3.89. The summed E-state index contributed by atoms with van der Waals surface area (Å²) in [5, 5.41) is 2.61. The molecule has 0 atom stereocenters. The number of ketones is 1.